The number of rotatable bonds is 7. The van der Waals surface area contributed by atoms with Crippen LogP contribution >= 0.6 is 0 Å². The van der Waals surface area contributed by atoms with Crippen LogP contribution in [0, 0.1) is 6.92 Å². The van der Waals surface area contributed by atoms with Gasteiger partial charge in [-0.05, 0) is 73.4 Å². The highest BCUT2D eigenvalue weighted by Crippen LogP contribution is 2.37. The lowest BCUT2D eigenvalue weighted by Crippen LogP contribution is -2.40. The number of hydrogen-bond acceptors (Lipinski definition) is 4. The first-order chi connectivity index (χ1) is 16.9. The highest BCUT2D eigenvalue weighted by Gasteiger charge is 2.32. The Bertz CT molecular complexity index is 1190. The van der Waals surface area contributed by atoms with E-state index in [0.29, 0.717) is 24.4 Å². The summed E-state index contributed by atoms with van der Waals surface area (Å²) in [7, 11) is 1.60. The number of benzene rings is 3. The topological polar surface area (TPSA) is 67.9 Å². The molecule has 0 saturated carbocycles. The molecule has 2 atom stereocenters. The monoisotopic (exact) mass is 472 g/mol. The predicted octanol–water partition coefficient (Wildman–Crippen LogP) is 5.29. The van der Waals surface area contributed by atoms with Crippen LogP contribution in [-0.4, -0.2) is 36.5 Å². The lowest BCUT2D eigenvalue weighted by Gasteiger charge is -2.38. The number of ether oxygens (including phenoxy) is 2. The third-order valence-corrected chi connectivity index (χ3v) is 6.40. The number of nitrogens with one attached hydrogen (secondary N) is 1. The quantitative estimate of drug-likeness (QED) is 0.507. The summed E-state index contributed by atoms with van der Waals surface area (Å²) in [4.78, 5) is 27.5. The van der Waals surface area contributed by atoms with Gasteiger partial charge in [0.2, 0.25) is 5.91 Å². The normalized spacial score (nSPS) is 15.7. The van der Waals surface area contributed by atoms with Crippen molar-refractivity contribution in [2.24, 2.45) is 0 Å². The Labute approximate surface area is 206 Å². The molecule has 6 nitrogen and oxygen atoms in total. The molecule has 2 amide bonds. The second-order valence-corrected chi connectivity index (χ2v) is 8.84. The van der Waals surface area contributed by atoms with E-state index in [9.17, 15) is 9.59 Å². The van der Waals surface area contributed by atoms with Crippen LogP contribution in [0.5, 0.6) is 11.5 Å². The van der Waals surface area contributed by atoms with Crippen LogP contribution in [0.4, 0.5) is 5.69 Å². The van der Waals surface area contributed by atoms with Crippen LogP contribution in [0.1, 0.15) is 48.6 Å². The molecule has 182 valence electrons. The number of methoxy groups -OCH3 is 1. The van der Waals surface area contributed by atoms with Crippen LogP contribution in [0.2, 0.25) is 0 Å². The zero-order valence-corrected chi connectivity index (χ0v) is 20.7. The van der Waals surface area contributed by atoms with Crippen LogP contribution in [0.15, 0.2) is 66.7 Å². The number of carbonyl (C=O) groups is 2. The molecular weight excluding hydrogens is 440 g/mol. The van der Waals surface area contributed by atoms with Gasteiger partial charge in [0.25, 0.3) is 5.91 Å². The maximum absolute atomic E-state index is 12.8. The first kappa shape index (κ1) is 24.3. The van der Waals surface area contributed by atoms with E-state index in [1.54, 1.807) is 38.3 Å². The molecule has 0 spiro atoms. The number of aryl methyl sites for hydroxylation is 1. The molecule has 1 heterocycles. The number of nitrogens with zero attached hydrogens (tertiary/aromatic N) is 1. The molecule has 35 heavy (non-hydrogen) atoms. The minimum Gasteiger partial charge on any atom is -0.497 e. The molecule has 0 saturated heterocycles. The summed E-state index contributed by atoms with van der Waals surface area (Å²) in [6.45, 7) is 6.35. The molecule has 4 rings (SSSR count). The number of hydrogen-bond donors (Lipinski definition) is 1. The van der Waals surface area contributed by atoms with Crippen molar-refractivity contribution in [3.63, 3.8) is 0 Å². The highest BCUT2D eigenvalue weighted by molar-refractivity contribution is 5.94. The standard InChI is InChI=1S/C29H32N2O4/c1-5-27(32)31-17-16-21-10-13-25(18-26(21)28(31)22-8-6-19(2)7-9-22)35-20(3)29(33)30-23-11-14-24(34-4)15-12-23/h6-15,18,20,28H,5,16-17H2,1-4H3,(H,30,33)/t20-,28-/m0/s1. The van der Waals surface area contributed by atoms with Gasteiger partial charge in [0, 0.05) is 18.7 Å². The Morgan fingerprint density at radius 3 is 2.37 bits per heavy atom. The molecule has 1 N–H and O–H groups in total. The van der Waals surface area contributed by atoms with Crippen molar-refractivity contribution in [3.8, 4) is 11.5 Å². The Hall–Kier alpha value is -3.80. The Morgan fingerprint density at radius 1 is 1.03 bits per heavy atom. The molecule has 1 aliphatic rings. The summed E-state index contributed by atoms with van der Waals surface area (Å²) in [5, 5.41) is 2.87. The Kier molecular flexibility index (Phi) is 7.39. The Balaban J connectivity index is 1.57. The van der Waals surface area contributed by atoms with Gasteiger partial charge >= 0.3 is 0 Å². The third kappa shape index (κ3) is 5.48. The van der Waals surface area contributed by atoms with E-state index in [1.165, 1.54) is 11.1 Å². The van der Waals surface area contributed by atoms with Crippen molar-refractivity contribution in [2.45, 2.75) is 45.8 Å². The molecule has 3 aromatic rings. The number of fused-ring (bicyclic) bond motifs is 1. The van der Waals surface area contributed by atoms with Crippen molar-refractivity contribution < 1.29 is 19.1 Å². The van der Waals surface area contributed by atoms with Crippen molar-refractivity contribution in [2.75, 3.05) is 19.0 Å². The molecule has 0 fully saturated rings. The second-order valence-electron chi connectivity index (χ2n) is 8.84. The van der Waals surface area contributed by atoms with E-state index in [4.69, 9.17) is 9.47 Å². The van der Waals surface area contributed by atoms with Crippen molar-refractivity contribution in [1.82, 2.24) is 4.90 Å². The van der Waals surface area contributed by atoms with E-state index in [0.717, 1.165) is 23.3 Å². The maximum Gasteiger partial charge on any atom is 0.265 e. The van der Waals surface area contributed by atoms with Crippen LogP contribution in [-0.2, 0) is 16.0 Å². The fourth-order valence-electron chi connectivity index (χ4n) is 4.42. The van der Waals surface area contributed by atoms with E-state index < -0.39 is 6.10 Å². The van der Waals surface area contributed by atoms with Crippen molar-refractivity contribution in [3.05, 3.63) is 89.0 Å². The fraction of sp³-hybridized carbons (Fsp3) is 0.310. The first-order valence-corrected chi connectivity index (χ1v) is 12.0. The van der Waals surface area contributed by atoms with Crippen LogP contribution < -0.4 is 14.8 Å². The van der Waals surface area contributed by atoms with Gasteiger partial charge in [-0.3, -0.25) is 9.59 Å². The first-order valence-electron chi connectivity index (χ1n) is 12.0. The summed E-state index contributed by atoms with van der Waals surface area (Å²) >= 11 is 0. The number of carbonyl (C=O) groups excluding carboxylic acids is 2. The van der Waals surface area contributed by atoms with Gasteiger partial charge in [0.1, 0.15) is 11.5 Å². The lowest BCUT2D eigenvalue weighted by atomic mass is 9.87. The molecule has 0 aromatic heterocycles. The predicted molar refractivity (Wildman–Crippen MR) is 137 cm³/mol. The third-order valence-electron chi connectivity index (χ3n) is 6.40. The average molecular weight is 473 g/mol. The summed E-state index contributed by atoms with van der Waals surface area (Å²) in [6.07, 6.45) is 0.540. The van der Waals surface area contributed by atoms with Gasteiger partial charge < -0.3 is 19.7 Å². The van der Waals surface area contributed by atoms with E-state index in [2.05, 4.69) is 36.5 Å². The molecule has 0 radical (unpaired) electrons. The maximum atomic E-state index is 12.8. The molecule has 3 aromatic carbocycles. The van der Waals surface area contributed by atoms with Crippen LogP contribution in [0.3, 0.4) is 0 Å². The lowest BCUT2D eigenvalue weighted by molar-refractivity contribution is -0.133. The summed E-state index contributed by atoms with van der Waals surface area (Å²) < 4.78 is 11.2. The SMILES string of the molecule is CCC(=O)N1CCc2ccc(O[C@@H](C)C(=O)Nc3ccc(OC)cc3)cc2[C@@H]1c1ccc(C)cc1. The van der Waals surface area contributed by atoms with E-state index in [1.807, 2.05) is 30.0 Å². The number of anilines is 1. The minimum absolute atomic E-state index is 0.125. The number of amides is 2. The van der Waals surface area contributed by atoms with E-state index >= 15 is 0 Å². The van der Waals surface area contributed by atoms with Gasteiger partial charge in [-0.1, -0.05) is 42.8 Å². The summed E-state index contributed by atoms with van der Waals surface area (Å²) in [5.41, 5.74) is 5.15. The molecule has 0 bridgehead atoms. The molecule has 6 heteroatoms. The van der Waals surface area contributed by atoms with Gasteiger partial charge in [-0.2, -0.15) is 0 Å². The average Bonchev–Trinajstić information content (AvgIpc) is 2.88. The highest BCUT2D eigenvalue weighted by atomic mass is 16.5. The molecule has 1 aliphatic heterocycles. The zero-order valence-electron chi connectivity index (χ0n) is 20.7. The van der Waals surface area contributed by atoms with Crippen LogP contribution in [0.25, 0.3) is 0 Å². The van der Waals surface area contributed by atoms with Gasteiger partial charge in [0.15, 0.2) is 6.10 Å². The smallest absolute Gasteiger partial charge is 0.265 e. The zero-order chi connectivity index (χ0) is 24.9. The van der Waals surface area contributed by atoms with E-state index in [-0.39, 0.29) is 17.9 Å². The van der Waals surface area contributed by atoms with Gasteiger partial charge in [0.05, 0.1) is 13.2 Å². The molecular formula is C29H32N2O4. The largest absolute Gasteiger partial charge is 0.497 e. The Morgan fingerprint density at radius 2 is 1.71 bits per heavy atom. The summed E-state index contributed by atoms with van der Waals surface area (Å²) in [6, 6.07) is 21.2. The molecule has 0 aliphatic carbocycles. The van der Waals surface area contributed by atoms with Gasteiger partial charge in [-0.15, -0.1) is 0 Å². The van der Waals surface area contributed by atoms with Gasteiger partial charge in [-0.25, -0.2) is 0 Å². The minimum atomic E-state index is -0.704. The van der Waals surface area contributed by atoms with Crippen molar-refractivity contribution in [1.29, 1.82) is 0 Å². The fourth-order valence-corrected chi connectivity index (χ4v) is 4.42. The molecule has 0 unspecified atom stereocenters. The second kappa shape index (κ2) is 10.6. The summed E-state index contributed by atoms with van der Waals surface area (Å²) in [5.74, 6) is 1.20. The van der Waals surface area contributed by atoms with Crippen molar-refractivity contribution >= 4 is 17.5 Å².